The van der Waals surface area contributed by atoms with Gasteiger partial charge in [0.2, 0.25) is 5.91 Å². The Labute approximate surface area is 204 Å². The van der Waals surface area contributed by atoms with Crippen molar-refractivity contribution in [3.05, 3.63) is 84.0 Å². The third kappa shape index (κ3) is 6.38. The molecule has 2 heterocycles. The number of benzene rings is 1. The van der Waals surface area contributed by atoms with Gasteiger partial charge in [0.25, 0.3) is 11.8 Å². The lowest BCUT2D eigenvalue weighted by Crippen LogP contribution is -2.51. The van der Waals surface area contributed by atoms with Gasteiger partial charge >= 0.3 is 0 Å². The molecule has 2 aromatic rings. The van der Waals surface area contributed by atoms with Gasteiger partial charge in [0, 0.05) is 44.6 Å². The second-order valence-corrected chi connectivity index (χ2v) is 8.03. The minimum atomic E-state index is -0.338. The van der Waals surface area contributed by atoms with E-state index in [1.165, 1.54) is 10.9 Å². The van der Waals surface area contributed by atoms with Crippen LogP contribution in [0.5, 0.6) is 0 Å². The number of aromatic nitrogens is 2. The van der Waals surface area contributed by atoms with Crippen LogP contribution >= 0.6 is 0 Å². The topological polar surface area (TPSA) is 126 Å². The first-order valence-corrected chi connectivity index (χ1v) is 11.3. The van der Waals surface area contributed by atoms with Crippen molar-refractivity contribution in [1.29, 1.82) is 0 Å². The molecule has 0 spiro atoms. The van der Waals surface area contributed by atoms with Crippen LogP contribution in [-0.2, 0) is 11.8 Å². The van der Waals surface area contributed by atoms with E-state index >= 15 is 0 Å². The average molecular weight is 478 g/mol. The molecule has 3 rings (SSSR count). The second kappa shape index (κ2) is 11.7. The summed E-state index contributed by atoms with van der Waals surface area (Å²) in [7, 11) is 1.69. The number of para-hydroxylation sites is 1. The Hall–Kier alpha value is -4.34. The number of allylic oxidation sites excluding steroid dienone is 3. The molecule has 0 radical (unpaired) electrons. The number of rotatable bonds is 8. The SMILES string of the molecule is C=C/C(=C\C=C/N)NC(=O)c1ccccc1N1CCN(C(=O)CNC(=O)c2cc(C)nn2C)CC1. The molecule has 1 aromatic heterocycles. The molecule has 1 aliphatic heterocycles. The molecule has 0 atom stereocenters. The Morgan fingerprint density at radius 3 is 2.49 bits per heavy atom. The molecule has 1 saturated heterocycles. The van der Waals surface area contributed by atoms with Crippen molar-refractivity contribution in [2.45, 2.75) is 6.92 Å². The van der Waals surface area contributed by atoms with Crippen LogP contribution in [0.25, 0.3) is 0 Å². The zero-order valence-electron chi connectivity index (χ0n) is 20.0. The quantitative estimate of drug-likeness (QED) is 0.489. The molecule has 10 nitrogen and oxygen atoms in total. The van der Waals surface area contributed by atoms with Crippen molar-refractivity contribution in [3.63, 3.8) is 0 Å². The third-order valence-electron chi connectivity index (χ3n) is 5.62. The van der Waals surface area contributed by atoms with Gasteiger partial charge < -0.3 is 26.2 Å². The highest BCUT2D eigenvalue weighted by Gasteiger charge is 2.24. The normalized spacial score (nSPS) is 14.2. The molecule has 184 valence electrons. The summed E-state index contributed by atoms with van der Waals surface area (Å²) in [5, 5.41) is 9.65. The van der Waals surface area contributed by atoms with Crippen LogP contribution in [0.1, 0.15) is 26.5 Å². The molecule has 0 aliphatic carbocycles. The van der Waals surface area contributed by atoms with Gasteiger partial charge in [0.1, 0.15) is 5.69 Å². The number of nitrogens with zero attached hydrogens (tertiary/aromatic N) is 4. The van der Waals surface area contributed by atoms with Gasteiger partial charge in [0.15, 0.2) is 0 Å². The summed E-state index contributed by atoms with van der Waals surface area (Å²) < 4.78 is 1.49. The zero-order valence-corrected chi connectivity index (χ0v) is 20.0. The number of hydrogen-bond acceptors (Lipinski definition) is 6. The first-order chi connectivity index (χ1) is 16.8. The summed E-state index contributed by atoms with van der Waals surface area (Å²) in [6.45, 7) is 7.51. The van der Waals surface area contributed by atoms with Crippen molar-refractivity contribution in [2.75, 3.05) is 37.6 Å². The molecule has 3 amide bonds. The van der Waals surface area contributed by atoms with Gasteiger partial charge in [-0.3, -0.25) is 19.1 Å². The summed E-state index contributed by atoms with van der Waals surface area (Å²) in [6, 6.07) is 9.01. The van der Waals surface area contributed by atoms with E-state index in [2.05, 4.69) is 27.2 Å². The minimum Gasteiger partial charge on any atom is -0.405 e. The summed E-state index contributed by atoms with van der Waals surface area (Å²) in [6.07, 6.45) is 6.18. The number of nitrogens with one attached hydrogen (secondary N) is 2. The molecule has 1 fully saturated rings. The highest BCUT2D eigenvalue weighted by molar-refractivity contribution is 6.01. The Morgan fingerprint density at radius 2 is 1.86 bits per heavy atom. The highest BCUT2D eigenvalue weighted by Crippen LogP contribution is 2.22. The summed E-state index contributed by atoms with van der Waals surface area (Å²) in [4.78, 5) is 41.7. The van der Waals surface area contributed by atoms with E-state index in [4.69, 9.17) is 5.73 Å². The molecule has 10 heteroatoms. The standard InChI is InChI=1S/C25H31N7O3/c1-4-19(8-7-11-26)28-24(34)20-9-5-6-10-21(20)31-12-14-32(15-13-31)23(33)17-27-25(35)22-16-18(2)29-30(22)3/h4-11,16H,1,12-15,17,26H2,2-3H3,(H,27,35)(H,28,34)/b11-7-,19-8+. The highest BCUT2D eigenvalue weighted by atomic mass is 16.2. The average Bonchev–Trinajstić information content (AvgIpc) is 3.22. The number of anilines is 1. The fraction of sp³-hybridized carbons (Fsp3) is 0.280. The van der Waals surface area contributed by atoms with E-state index in [-0.39, 0.29) is 24.3 Å². The fourth-order valence-corrected chi connectivity index (χ4v) is 3.84. The van der Waals surface area contributed by atoms with Gasteiger partial charge in [-0.05, 0) is 49.6 Å². The van der Waals surface area contributed by atoms with Crippen LogP contribution in [0.2, 0.25) is 0 Å². The molecule has 4 N–H and O–H groups in total. The van der Waals surface area contributed by atoms with Crippen LogP contribution < -0.4 is 21.3 Å². The summed E-state index contributed by atoms with van der Waals surface area (Å²) in [5.41, 5.74) is 8.35. The van der Waals surface area contributed by atoms with Gasteiger partial charge in [-0.1, -0.05) is 18.7 Å². The maximum atomic E-state index is 12.9. The maximum Gasteiger partial charge on any atom is 0.269 e. The smallest absolute Gasteiger partial charge is 0.269 e. The van der Waals surface area contributed by atoms with Crippen LogP contribution in [0, 0.1) is 6.92 Å². The fourth-order valence-electron chi connectivity index (χ4n) is 3.84. The van der Waals surface area contributed by atoms with E-state index in [1.807, 2.05) is 18.2 Å². The van der Waals surface area contributed by atoms with Crippen molar-refractivity contribution in [3.8, 4) is 0 Å². The van der Waals surface area contributed by atoms with Crippen molar-refractivity contribution >= 4 is 23.4 Å². The van der Waals surface area contributed by atoms with E-state index < -0.39 is 0 Å². The molecule has 0 bridgehead atoms. The van der Waals surface area contributed by atoms with Crippen LogP contribution in [-0.4, -0.2) is 65.1 Å². The Kier molecular flexibility index (Phi) is 8.44. The zero-order chi connectivity index (χ0) is 25.4. The lowest BCUT2D eigenvalue weighted by molar-refractivity contribution is -0.130. The molecule has 0 saturated carbocycles. The summed E-state index contributed by atoms with van der Waals surface area (Å²) >= 11 is 0. The molecular weight excluding hydrogens is 446 g/mol. The molecule has 1 aromatic carbocycles. The van der Waals surface area contributed by atoms with Gasteiger partial charge in [-0.15, -0.1) is 0 Å². The van der Waals surface area contributed by atoms with Crippen LogP contribution in [0.15, 0.2) is 67.0 Å². The van der Waals surface area contributed by atoms with Crippen molar-refractivity contribution in [2.24, 2.45) is 12.8 Å². The monoisotopic (exact) mass is 477 g/mol. The molecular formula is C25H31N7O3. The number of carbonyl (C=O) groups is 3. The van der Waals surface area contributed by atoms with Crippen LogP contribution in [0.4, 0.5) is 5.69 Å². The number of hydrogen-bond donors (Lipinski definition) is 3. The molecule has 35 heavy (non-hydrogen) atoms. The maximum absolute atomic E-state index is 12.9. The van der Waals surface area contributed by atoms with Crippen molar-refractivity contribution in [1.82, 2.24) is 25.3 Å². The number of piperazine rings is 1. The Morgan fingerprint density at radius 1 is 1.14 bits per heavy atom. The Balaban J connectivity index is 1.58. The lowest BCUT2D eigenvalue weighted by Gasteiger charge is -2.37. The van der Waals surface area contributed by atoms with Gasteiger partial charge in [0.05, 0.1) is 17.8 Å². The number of aryl methyl sites for hydroxylation is 2. The molecule has 0 unspecified atom stereocenters. The van der Waals surface area contributed by atoms with Gasteiger partial charge in [-0.25, -0.2) is 0 Å². The third-order valence-corrected chi connectivity index (χ3v) is 5.62. The largest absolute Gasteiger partial charge is 0.405 e. The minimum absolute atomic E-state index is 0.0873. The van der Waals surface area contributed by atoms with Crippen LogP contribution in [0.3, 0.4) is 0 Å². The first kappa shape index (κ1) is 25.3. The predicted octanol–water partition coefficient (Wildman–Crippen LogP) is 1.08. The Bertz CT molecular complexity index is 1160. The van der Waals surface area contributed by atoms with E-state index in [0.29, 0.717) is 43.1 Å². The number of amides is 3. The van der Waals surface area contributed by atoms with E-state index in [9.17, 15) is 14.4 Å². The second-order valence-electron chi connectivity index (χ2n) is 8.03. The number of nitrogens with two attached hydrogens (primary N) is 1. The lowest BCUT2D eigenvalue weighted by atomic mass is 10.1. The number of carbonyl (C=O) groups excluding carboxylic acids is 3. The van der Waals surface area contributed by atoms with Crippen molar-refractivity contribution < 1.29 is 14.4 Å². The van der Waals surface area contributed by atoms with E-state index in [1.54, 1.807) is 49.2 Å². The first-order valence-electron chi connectivity index (χ1n) is 11.3. The summed E-state index contributed by atoms with van der Waals surface area (Å²) in [5.74, 6) is -0.754. The predicted molar refractivity (Wildman–Crippen MR) is 135 cm³/mol. The van der Waals surface area contributed by atoms with E-state index in [0.717, 1.165) is 11.4 Å². The van der Waals surface area contributed by atoms with Gasteiger partial charge in [-0.2, -0.15) is 5.10 Å². The molecule has 1 aliphatic rings.